The molecule has 0 saturated heterocycles. The van der Waals surface area contributed by atoms with Crippen LogP contribution in [-0.2, 0) is 6.42 Å². The topological polar surface area (TPSA) is 66.5 Å². The van der Waals surface area contributed by atoms with Gasteiger partial charge in [0.1, 0.15) is 5.75 Å². The predicted molar refractivity (Wildman–Crippen MR) is 93.8 cm³/mol. The molecule has 0 spiro atoms. The lowest BCUT2D eigenvalue weighted by atomic mass is 9.97. The van der Waals surface area contributed by atoms with Crippen molar-refractivity contribution in [1.82, 2.24) is 0 Å². The molecule has 2 aromatic carbocycles. The molecule has 0 radical (unpaired) electrons. The molecule has 21 heavy (non-hydrogen) atoms. The van der Waals surface area contributed by atoms with Gasteiger partial charge in [-0.3, -0.25) is 0 Å². The van der Waals surface area contributed by atoms with Crippen LogP contribution < -0.4 is 5.73 Å². The minimum atomic E-state index is -0.694. The summed E-state index contributed by atoms with van der Waals surface area (Å²) in [6.45, 7) is 0. The predicted octanol–water partition coefficient (Wildman–Crippen LogP) is 3.94. The van der Waals surface area contributed by atoms with Crippen molar-refractivity contribution < 1.29 is 10.2 Å². The van der Waals surface area contributed by atoms with Gasteiger partial charge in [0.05, 0.1) is 21.1 Å². The Labute approximate surface area is 146 Å². The van der Waals surface area contributed by atoms with Crippen LogP contribution in [0.25, 0.3) is 0 Å². The number of nitrogens with two attached hydrogens (primary N) is 1. The fourth-order valence-corrected chi connectivity index (χ4v) is 3.20. The summed E-state index contributed by atoms with van der Waals surface area (Å²) in [6, 6.07) is 12.6. The highest BCUT2D eigenvalue weighted by Gasteiger charge is 2.19. The van der Waals surface area contributed by atoms with Crippen LogP contribution in [0.5, 0.6) is 5.75 Å². The first-order valence-corrected chi connectivity index (χ1v) is 7.73. The van der Waals surface area contributed by atoms with Crippen LogP contribution in [0, 0.1) is 0 Å². The summed E-state index contributed by atoms with van der Waals surface area (Å²) in [7, 11) is 0. The number of halogens is 3. The quantitative estimate of drug-likeness (QED) is 0.679. The highest BCUT2D eigenvalue weighted by molar-refractivity contribution is 9.11. The molecule has 0 aliphatic heterocycles. The van der Waals surface area contributed by atoms with Crippen molar-refractivity contribution in [2.45, 2.75) is 18.6 Å². The third-order valence-electron chi connectivity index (χ3n) is 3.13. The van der Waals surface area contributed by atoms with Crippen molar-refractivity contribution in [2.75, 3.05) is 0 Å². The zero-order chi connectivity index (χ0) is 14.7. The van der Waals surface area contributed by atoms with Crippen molar-refractivity contribution in [3.05, 3.63) is 62.5 Å². The number of hydrogen-bond donors (Lipinski definition) is 3. The van der Waals surface area contributed by atoms with Gasteiger partial charge >= 0.3 is 0 Å². The fraction of sp³-hybridized carbons (Fsp3) is 0.200. The first-order valence-electron chi connectivity index (χ1n) is 6.14. The lowest BCUT2D eigenvalue weighted by Crippen LogP contribution is -2.28. The molecular weight excluding hydrogens is 421 g/mol. The van der Waals surface area contributed by atoms with Gasteiger partial charge in [0, 0.05) is 6.42 Å². The Morgan fingerprint density at radius 1 is 1.05 bits per heavy atom. The van der Waals surface area contributed by atoms with E-state index in [0.717, 1.165) is 11.1 Å². The van der Waals surface area contributed by atoms with Gasteiger partial charge in [-0.05, 0) is 55.1 Å². The number of aromatic hydroxyl groups is 1. The standard InChI is InChI=1S/C15H15Br2NO2.ClH/c16-11-7-10(8-12(17)15(11)20)14(18)13(19)6-9-4-2-1-3-5-9;/h1-5,7-8,13-14,19-20H,6,18H2;1H/t13-,14+;/m1./s1. The van der Waals surface area contributed by atoms with Gasteiger partial charge < -0.3 is 15.9 Å². The minimum absolute atomic E-state index is 0. The smallest absolute Gasteiger partial charge is 0.143 e. The molecule has 0 aliphatic carbocycles. The summed E-state index contributed by atoms with van der Waals surface area (Å²) < 4.78 is 1.09. The summed E-state index contributed by atoms with van der Waals surface area (Å²) in [5.41, 5.74) is 7.89. The molecule has 0 fully saturated rings. The molecule has 3 nitrogen and oxygen atoms in total. The van der Waals surface area contributed by atoms with Crippen molar-refractivity contribution in [3.8, 4) is 5.75 Å². The summed E-state index contributed by atoms with van der Waals surface area (Å²) in [6.07, 6.45) is -0.210. The van der Waals surface area contributed by atoms with Gasteiger partial charge in [0.25, 0.3) is 0 Å². The van der Waals surface area contributed by atoms with E-state index in [9.17, 15) is 10.2 Å². The maximum Gasteiger partial charge on any atom is 0.143 e. The van der Waals surface area contributed by atoms with Crippen LogP contribution in [0.15, 0.2) is 51.4 Å². The highest BCUT2D eigenvalue weighted by atomic mass is 79.9. The van der Waals surface area contributed by atoms with Crippen molar-refractivity contribution in [3.63, 3.8) is 0 Å². The molecule has 2 rings (SSSR count). The number of aliphatic hydroxyl groups excluding tert-OH is 1. The SMILES string of the molecule is Cl.N[C@@H](c1cc(Br)c(O)c(Br)c1)[C@H](O)Cc1ccccc1. The van der Waals surface area contributed by atoms with Crippen LogP contribution in [0.4, 0.5) is 0 Å². The molecule has 0 heterocycles. The lowest BCUT2D eigenvalue weighted by Gasteiger charge is -2.20. The summed E-state index contributed by atoms with van der Waals surface area (Å²) >= 11 is 6.53. The van der Waals surface area contributed by atoms with Gasteiger partial charge in [-0.1, -0.05) is 30.3 Å². The molecule has 6 heteroatoms. The molecule has 4 N–H and O–H groups in total. The average Bonchev–Trinajstić information content (AvgIpc) is 2.44. The Kier molecular flexibility index (Phi) is 7.16. The number of phenols is 1. The monoisotopic (exact) mass is 435 g/mol. The van der Waals surface area contributed by atoms with Crippen LogP contribution in [-0.4, -0.2) is 16.3 Å². The molecule has 114 valence electrons. The second kappa shape index (κ2) is 8.15. The Bertz CT molecular complexity index is 572. The number of aliphatic hydroxyl groups is 1. The van der Waals surface area contributed by atoms with Gasteiger partial charge in [0.15, 0.2) is 0 Å². The highest BCUT2D eigenvalue weighted by Crippen LogP contribution is 2.35. The molecule has 0 amide bonds. The summed E-state index contributed by atoms with van der Waals surface area (Å²) in [4.78, 5) is 0. The van der Waals surface area contributed by atoms with Crippen LogP contribution in [0.2, 0.25) is 0 Å². The number of benzene rings is 2. The number of phenolic OH excluding ortho intramolecular Hbond substituents is 1. The zero-order valence-corrected chi connectivity index (χ0v) is 15.0. The Hall–Kier alpha value is -0.590. The van der Waals surface area contributed by atoms with Crippen molar-refractivity contribution in [2.24, 2.45) is 5.73 Å². The number of rotatable bonds is 4. The van der Waals surface area contributed by atoms with Crippen molar-refractivity contribution >= 4 is 44.3 Å². The molecule has 2 aromatic rings. The third kappa shape index (κ3) is 4.69. The van der Waals surface area contributed by atoms with Gasteiger partial charge in [-0.2, -0.15) is 0 Å². The maximum atomic E-state index is 10.3. The van der Waals surface area contributed by atoms with Crippen LogP contribution >= 0.6 is 44.3 Å². The van der Waals surface area contributed by atoms with E-state index >= 15 is 0 Å². The van der Waals surface area contributed by atoms with Crippen molar-refractivity contribution in [1.29, 1.82) is 0 Å². The van der Waals surface area contributed by atoms with Gasteiger partial charge in [0.2, 0.25) is 0 Å². The van der Waals surface area contributed by atoms with E-state index in [1.54, 1.807) is 12.1 Å². The largest absolute Gasteiger partial charge is 0.506 e. The second-order valence-electron chi connectivity index (χ2n) is 4.62. The second-order valence-corrected chi connectivity index (χ2v) is 6.32. The van der Waals surface area contributed by atoms with Crippen LogP contribution in [0.3, 0.4) is 0 Å². The molecule has 2 atom stereocenters. The van der Waals surface area contributed by atoms with E-state index in [-0.39, 0.29) is 18.2 Å². The first-order chi connectivity index (χ1) is 9.49. The minimum Gasteiger partial charge on any atom is -0.506 e. The Balaban J connectivity index is 0.00000220. The molecule has 0 aliphatic rings. The third-order valence-corrected chi connectivity index (χ3v) is 4.34. The normalized spacial score (nSPS) is 13.3. The van der Waals surface area contributed by atoms with E-state index in [4.69, 9.17) is 5.73 Å². The molecule has 0 saturated carbocycles. The lowest BCUT2D eigenvalue weighted by molar-refractivity contribution is 0.145. The van der Waals surface area contributed by atoms with E-state index in [0.29, 0.717) is 15.4 Å². The van der Waals surface area contributed by atoms with E-state index in [1.165, 1.54) is 0 Å². The first kappa shape index (κ1) is 18.5. The van der Waals surface area contributed by atoms with Crippen LogP contribution in [0.1, 0.15) is 17.2 Å². The Morgan fingerprint density at radius 2 is 1.57 bits per heavy atom. The zero-order valence-electron chi connectivity index (χ0n) is 11.0. The van der Waals surface area contributed by atoms with Gasteiger partial charge in [-0.25, -0.2) is 0 Å². The molecule has 0 bridgehead atoms. The summed E-state index contributed by atoms with van der Waals surface area (Å²) in [5, 5.41) is 19.9. The van der Waals surface area contributed by atoms with E-state index in [1.807, 2.05) is 30.3 Å². The summed E-state index contributed by atoms with van der Waals surface area (Å²) in [5.74, 6) is 0.124. The average molecular weight is 438 g/mol. The fourth-order valence-electron chi connectivity index (χ4n) is 1.98. The Morgan fingerprint density at radius 3 is 2.10 bits per heavy atom. The molecular formula is C15H16Br2ClNO2. The van der Waals surface area contributed by atoms with E-state index < -0.39 is 12.1 Å². The maximum absolute atomic E-state index is 10.3. The molecule has 0 unspecified atom stereocenters. The number of hydrogen-bond acceptors (Lipinski definition) is 3. The molecule has 0 aromatic heterocycles. The van der Waals surface area contributed by atoms with E-state index in [2.05, 4.69) is 31.9 Å². The van der Waals surface area contributed by atoms with Gasteiger partial charge in [-0.15, -0.1) is 12.4 Å².